The van der Waals surface area contributed by atoms with Crippen LogP contribution in [0.3, 0.4) is 0 Å². The van der Waals surface area contributed by atoms with E-state index < -0.39 is 10.0 Å². The summed E-state index contributed by atoms with van der Waals surface area (Å²) in [4.78, 5) is 11.7. The molecule has 0 aliphatic rings. The van der Waals surface area contributed by atoms with Gasteiger partial charge in [-0.1, -0.05) is 17.7 Å². The lowest BCUT2D eigenvalue weighted by Gasteiger charge is -2.23. The first-order chi connectivity index (χ1) is 9.61. The Morgan fingerprint density at radius 3 is 2.48 bits per heavy atom. The summed E-state index contributed by atoms with van der Waals surface area (Å²) in [5, 5.41) is 3.23. The largest absolute Gasteiger partial charge is 0.354 e. The number of halogens is 1. The quantitative estimate of drug-likeness (QED) is 0.869. The predicted molar refractivity (Wildman–Crippen MR) is 86.3 cm³/mol. The van der Waals surface area contributed by atoms with Crippen LogP contribution in [0.4, 0.5) is 5.69 Å². The molecule has 1 rings (SSSR count). The van der Waals surface area contributed by atoms with E-state index in [0.29, 0.717) is 10.7 Å². The number of rotatable bonds is 6. The van der Waals surface area contributed by atoms with Crippen LogP contribution in [-0.2, 0) is 14.8 Å². The van der Waals surface area contributed by atoms with E-state index in [-0.39, 0.29) is 24.9 Å². The first kappa shape index (κ1) is 17.8. The normalized spacial score (nSPS) is 11.5. The van der Waals surface area contributed by atoms with E-state index in [1.165, 1.54) is 4.31 Å². The van der Waals surface area contributed by atoms with Crippen LogP contribution in [0.2, 0.25) is 5.02 Å². The minimum absolute atomic E-state index is 0.0259. The Balaban J connectivity index is 2.92. The monoisotopic (exact) mass is 332 g/mol. The van der Waals surface area contributed by atoms with Gasteiger partial charge < -0.3 is 5.32 Å². The summed E-state index contributed by atoms with van der Waals surface area (Å²) >= 11 is 6.04. The number of nitrogens with one attached hydrogen (secondary N) is 1. The Hall–Kier alpha value is -1.27. The number of benzene rings is 1. The van der Waals surface area contributed by atoms with Gasteiger partial charge in [-0.2, -0.15) is 0 Å². The molecule has 1 aromatic carbocycles. The zero-order valence-corrected chi connectivity index (χ0v) is 14.3. The molecule has 0 saturated carbocycles. The van der Waals surface area contributed by atoms with E-state index in [4.69, 9.17) is 11.6 Å². The van der Waals surface area contributed by atoms with E-state index in [2.05, 4.69) is 5.32 Å². The van der Waals surface area contributed by atoms with Gasteiger partial charge in [0.25, 0.3) is 0 Å². The Bertz CT molecular complexity index is 615. The number of hydrogen-bond acceptors (Lipinski definition) is 3. The molecule has 0 heterocycles. The molecule has 0 atom stereocenters. The molecular formula is C14H21ClN2O3S. The SMILES string of the molecule is Cc1ccc(N(CCC(=O)NC(C)C)S(C)(=O)=O)cc1Cl. The molecule has 0 spiro atoms. The minimum Gasteiger partial charge on any atom is -0.354 e. The number of hydrogen-bond donors (Lipinski definition) is 1. The van der Waals surface area contributed by atoms with Gasteiger partial charge in [-0.15, -0.1) is 0 Å². The molecule has 0 fully saturated rings. The maximum absolute atomic E-state index is 11.9. The lowest BCUT2D eigenvalue weighted by molar-refractivity contribution is -0.121. The Kier molecular flexibility index (Phi) is 6.04. The van der Waals surface area contributed by atoms with E-state index in [0.717, 1.165) is 11.8 Å². The first-order valence-corrected chi connectivity index (χ1v) is 8.87. The second-order valence-electron chi connectivity index (χ2n) is 5.24. The third-order valence-corrected chi connectivity index (χ3v) is 4.44. The molecule has 0 bridgehead atoms. The van der Waals surface area contributed by atoms with Crippen molar-refractivity contribution in [2.24, 2.45) is 0 Å². The molecule has 5 nitrogen and oxygen atoms in total. The summed E-state index contributed by atoms with van der Waals surface area (Å²) in [5.74, 6) is -0.183. The molecule has 118 valence electrons. The maximum atomic E-state index is 11.9. The zero-order chi connectivity index (χ0) is 16.2. The summed E-state index contributed by atoms with van der Waals surface area (Å²) in [6.07, 6.45) is 1.21. The molecule has 7 heteroatoms. The average molecular weight is 333 g/mol. The van der Waals surface area contributed by atoms with Gasteiger partial charge in [-0.3, -0.25) is 9.10 Å². The predicted octanol–water partition coefficient (Wildman–Crippen LogP) is 2.33. The van der Waals surface area contributed by atoms with Crippen molar-refractivity contribution in [2.75, 3.05) is 17.1 Å². The number of anilines is 1. The van der Waals surface area contributed by atoms with Crippen molar-refractivity contribution in [1.82, 2.24) is 5.32 Å². The van der Waals surface area contributed by atoms with Crippen LogP contribution in [0.25, 0.3) is 0 Å². The highest BCUT2D eigenvalue weighted by molar-refractivity contribution is 7.92. The summed E-state index contributed by atoms with van der Waals surface area (Å²) in [6.45, 7) is 5.63. The van der Waals surface area contributed by atoms with Gasteiger partial charge in [0.1, 0.15) is 0 Å². The number of carbonyl (C=O) groups is 1. The van der Waals surface area contributed by atoms with Crippen LogP contribution in [0.15, 0.2) is 18.2 Å². The molecule has 1 aromatic rings. The molecule has 1 N–H and O–H groups in total. The van der Waals surface area contributed by atoms with Crippen LogP contribution in [0.5, 0.6) is 0 Å². The van der Waals surface area contributed by atoms with Crippen molar-refractivity contribution in [1.29, 1.82) is 0 Å². The Labute approximate surface area is 131 Å². The maximum Gasteiger partial charge on any atom is 0.232 e. The molecule has 0 aliphatic heterocycles. The van der Waals surface area contributed by atoms with Crippen molar-refractivity contribution in [3.8, 4) is 0 Å². The van der Waals surface area contributed by atoms with Gasteiger partial charge >= 0.3 is 0 Å². The first-order valence-electron chi connectivity index (χ1n) is 6.64. The Morgan fingerprint density at radius 2 is 2.00 bits per heavy atom. The molecule has 0 unspecified atom stereocenters. The Morgan fingerprint density at radius 1 is 1.38 bits per heavy atom. The molecule has 1 amide bonds. The van der Waals surface area contributed by atoms with Crippen LogP contribution in [-0.4, -0.2) is 33.2 Å². The summed E-state index contributed by atoms with van der Waals surface area (Å²) < 4.78 is 25.0. The highest BCUT2D eigenvalue weighted by Crippen LogP contribution is 2.25. The summed E-state index contributed by atoms with van der Waals surface area (Å²) in [6, 6.07) is 5.06. The third-order valence-electron chi connectivity index (χ3n) is 2.84. The average Bonchev–Trinajstić information content (AvgIpc) is 2.31. The molecular weight excluding hydrogens is 312 g/mol. The van der Waals surface area contributed by atoms with Crippen LogP contribution in [0, 0.1) is 6.92 Å². The number of aryl methyl sites for hydroxylation is 1. The van der Waals surface area contributed by atoms with Crippen molar-refractivity contribution in [3.05, 3.63) is 28.8 Å². The molecule has 0 radical (unpaired) electrons. The van der Waals surface area contributed by atoms with Gasteiger partial charge in [0.2, 0.25) is 15.9 Å². The molecule has 0 saturated heterocycles. The second kappa shape index (κ2) is 7.13. The van der Waals surface area contributed by atoms with E-state index in [1.807, 2.05) is 20.8 Å². The van der Waals surface area contributed by atoms with Crippen molar-refractivity contribution >= 4 is 33.2 Å². The lowest BCUT2D eigenvalue weighted by atomic mass is 10.2. The van der Waals surface area contributed by atoms with Crippen molar-refractivity contribution in [2.45, 2.75) is 33.2 Å². The molecule has 0 aromatic heterocycles. The zero-order valence-electron chi connectivity index (χ0n) is 12.7. The number of amides is 1. The van der Waals surface area contributed by atoms with Gasteiger partial charge in [0.15, 0.2) is 0 Å². The summed E-state index contributed by atoms with van der Waals surface area (Å²) in [5.41, 5.74) is 1.33. The number of sulfonamides is 1. The van der Waals surface area contributed by atoms with E-state index in [9.17, 15) is 13.2 Å². The van der Waals surface area contributed by atoms with Crippen LogP contribution >= 0.6 is 11.6 Å². The number of carbonyl (C=O) groups excluding carboxylic acids is 1. The fraction of sp³-hybridized carbons (Fsp3) is 0.500. The third kappa shape index (κ3) is 5.55. The summed E-state index contributed by atoms with van der Waals surface area (Å²) in [7, 11) is -3.48. The molecule has 0 aliphatic carbocycles. The second-order valence-corrected chi connectivity index (χ2v) is 7.55. The molecule has 21 heavy (non-hydrogen) atoms. The van der Waals surface area contributed by atoms with Crippen LogP contribution < -0.4 is 9.62 Å². The van der Waals surface area contributed by atoms with E-state index in [1.54, 1.807) is 18.2 Å². The van der Waals surface area contributed by atoms with Crippen molar-refractivity contribution < 1.29 is 13.2 Å². The minimum atomic E-state index is -3.48. The van der Waals surface area contributed by atoms with Gasteiger partial charge in [0.05, 0.1) is 11.9 Å². The highest BCUT2D eigenvalue weighted by Gasteiger charge is 2.19. The van der Waals surface area contributed by atoms with Crippen LogP contribution in [0.1, 0.15) is 25.8 Å². The fourth-order valence-corrected chi connectivity index (χ4v) is 2.91. The lowest BCUT2D eigenvalue weighted by Crippen LogP contribution is -2.36. The fourth-order valence-electron chi connectivity index (χ4n) is 1.82. The van der Waals surface area contributed by atoms with Crippen molar-refractivity contribution in [3.63, 3.8) is 0 Å². The smallest absolute Gasteiger partial charge is 0.232 e. The van der Waals surface area contributed by atoms with Gasteiger partial charge in [0, 0.05) is 24.0 Å². The van der Waals surface area contributed by atoms with E-state index >= 15 is 0 Å². The van der Waals surface area contributed by atoms with Gasteiger partial charge in [-0.25, -0.2) is 8.42 Å². The standard InChI is InChI=1S/C14H21ClN2O3S/c1-10(2)16-14(18)7-8-17(21(4,19)20)12-6-5-11(3)13(15)9-12/h5-6,9-10H,7-8H2,1-4H3,(H,16,18). The highest BCUT2D eigenvalue weighted by atomic mass is 35.5. The van der Waals surface area contributed by atoms with Gasteiger partial charge in [-0.05, 0) is 38.5 Å². The topological polar surface area (TPSA) is 66.5 Å². The number of nitrogens with zero attached hydrogens (tertiary/aromatic N) is 1.